The van der Waals surface area contributed by atoms with E-state index in [0.29, 0.717) is 0 Å². The highest BCUT2D eigenvalue weighted by Gasteiger charge is 2.20. The summed E-state index contributed by atoms with van der Waals surface area (Å²) < 4.78 is 1.15. The minimum atomic E-state index is 1.15. The lowest BCUT2D eigenvalue weighted by molar-refractivity contribution is 1.66. The molecule has 0 heterocycles. The molecule has 0 saturated carbocycles. The third kappa shape index (κ3) is 3.98. The molecule has 0 fully saturated rings. The van der Waals surface area contributed by atoms with Gasteiger partial charge >= 0.3 is 0 Å². The maximum atomic E-state index is 3.95. The van der Waals surface area contributed by atoms with Crippen molar-refractivity contribution in [2.45, 2.75) is 0 Å². The predicted molar refractivity (Wildman–Crippen MR) is 198 cm³/mol. The molecular weight excluding hydrogens is 608 g/mol. The monoisotopic (exact) mass is 634 g/mol. The van der Waals surface area contributed by atoms with Gasteiger partial charge in [-0.25, -0.2) is 0 Å². The van der Waals surface area contributed by atoms with Gasteiger partial charge in [-0.2, -0.15) is 0 Å². The first kappa shape index (κ1) is 26.2. The van der Waals surface area contributed by atoms with Gasteiger partial charge in [-0.1, -0.05) is 164 Å². The van der Waals surface area contributed by atoms with Gasteiger partial charge in [-0.3, -0.25) is 0 Å². The molecule has 210 valence electrons. The third-order valence-electron chi connectivity index (χ3n) is 9.32. The maximum Gasteiger partial charge on any atom is 0.0332 e. The van der Waals surface area contributed by atoms with Crippen molar-refractivity contribution in [2.75, 3.05) is 0 Å². The molecule has 0 N–H and O–H groups in total. The summed E-state index contributed by atoms with van der Waals surface area (Å²) >= 11 is 3.95. The molecule has 9 rings (SSSR count). The summed E-state index contributed by atoms with van der Waals surface area (Å²) in [6.45, 7) is 0. The fourth-order valence-electron chi connectivity index (χ4n) is 7.43. The number of hydrogen-bond acceptors (Lipinski definition) is 0. The highest BCUT2D eigenvalue weighted by atomic mass is 79.9. The predicted octanol–water partition coefficient (Wildman–Crippen LogP) is 13.2. The normalized spacial score (nSPS) is 11.7. The van der Waals surface area contributed by atoms with E-state index in [0.717, 1.165) is 4.47 Å². The number of rotatable bonds is 3. The number of hydrogen-bond donors (Lipinski definition) is 0. The molecule has 1 heteroatoms. The molecule has 9 aromatic carbocycles. The molecule has 0 atom stereocenters. The number of halogens is 1. The van der Waals surface area contributed by atoms with Gasteiger partial charge in [0.15, 0.2) is 0 Å². The fourth-order valence-corrected chi connectivity index (χ4v) is 8.13. The van der Waals surface area contributed by atoms with E-state index >= 15 is 0 Å². The standard InChI is InChI=1S/C44H27Br/c45-44-39-24-12-10-22-35(39)43(36-23-11-13-25-40(36)44)38-27-26-37(29-16-4-5-17-30(29)38)42-33-20-8-6-18-31(33)41(28-14-2-1-3-15-28)32-19-7-9-21-34(32)42/h1-27H. The largest absolute Gasteiger partial charge is 0.0622 e. The third-order valence-corrected chi connectivity index (χ3v) is 10.2. The Kier molecular flexibility index (Phi) is 6.07. The number of benzene rings is 9. The first-order valence-electron chi connectivity index (χ1n) is 15.4. The molecule has 9 aromatic rings. The van der Waals surface area contributed by atoms with Crippen LogP contribution in [-0.2, 0) is 0 Å². The summed E-state index contributed by atoms with van der Waals surface area (Å²) in [5, 5.41) is 12.6. The van der Waals surface area contributed by atoms with Crippen molar-refractivity contribution in [3.8, 4) is 33.4 Å². The lowest BCUT2D eigenvalue weighted by Gasteiger charge is -2.20. The summed E-state index contributed by atoms with van der Waals surface area (Å²) in [5.74, 6) is 0. The van der Waals surface area contributed by atoms with Crippen LogP contribution in [0.25, 0.3) is 87.2 Å². The molecule has 0 aliphatic rings. The Morgan fingerprint density at radius 3 is 0.933 bits per heavy atom. The Labute approximate surface area is 270 Å². The quantitative estimate of drug-likeness (QED) is 0.170. The van der Waals surface area contributed by atoms with Gasteiger partial charge in [0.25, 0.3) is 0 Å². The molecule has 0 aliphatic carbocycles. The van der Waals surface area contributed by atoms with Gasteiger partial charge in [0.2, 0.25) is 0 Å². The van der Waals surface area contributed by atoms with Crippen molar-refractivity contribution in [2.24, 2.45) is 0 Å². The molecule has 0 bridgehead atoms. The summed E-state index contributed by atoms with van der Waals surface area (Å²) in [7, 11) is 0. The average Bonchev–Trinajstić information content (AvgIpc) is 3.11. The summed E-state index contributed by atoms with van der Waals surface area (Å²) in [5.41, 5.74) is 7.61. The van der Waals surface area contributed by atoms with Crippen molar-refractivity contribution >= 4 is 69.8 Å². The minimum absolute atomic E-state index is 1.15. The first-order valence-corrected chi connectivity index (χ1v) is 16.2. The average molecular weight is 636 g/mol. The van der Waals surface area contributed by atoms with E-state index in [4.69, 9.17) is 0 Å². The van der Waals surface area contributed by atoms with E-state index < -0.39 is 0 Å². The first-order chi connectivity index (χ1) is 22.3. The molecule has 0 spiro atoms. The van der Waals surface area contributed by atoms with Gasteiger partial charge < -0.3 is 0 Å². The molecule has 0 aromatic heterocycles. The lowest BCUT2D eigenvalue weighted by atomic mass is 9.83. The van der Waals surface area contributed by atoms with Crippen molar-refractivity contribution in [1.82, 2.24) is 0 Å². The van der Waals surface area contributed by atoms with Gasteiger partial charge in [0.1, 0.15) is 0 Å². The summed E-state index contributed by atoms with van der Waals surface area (Å²) in [6, 6.07) is 59.8. The van der Waals surface area contributed by atoms with Crippen LogP contribution in [0, 0.1) is 0 Å². The van der Waals surface area contributed by atoms with Gasteiger partial charge in [0.05, 0.1) is 0 Å². The van der Waals surface area contributed by atoms with E-state index in [-0.39, 0.29) is 0 Å². The molecule has 0 radical (unpaired) electrons. The van der Waals surface area contributed by atoms with E-state index in [1.807, 2.05) is 0 Å². The zero-order valence-electron chi connectivity index (χ0n) is 24.5. The van der Waals surface area contributed by atoms with E-state index in [1.165, 1.54) is 87.2 Å². The maximum absolute atomic E-state index is 3.95. The Morgan fingerprint density at radius 2 is 0.533 bits per heavy atom. The summed E-state index contributed by atoms with van der Waals surface area (Å²) in [4.78, 5) is 0. The van der Waals surface area contributed by atoms with Gasteiger partial charge in [0, 0.05) is 4.47 Å². The van der Waals surface area contributed by atoms with Crippen LogP contribution in [0.15, 0.2) is 168 Å². The van der Waals surface area contributed by atoms with Crippen LogP contribution in [0.1, 0.15) is 0 Å². The van der Waals surface area contributed by atoms with Crippen LogP contribution in [-0.4, -0.2) is 0 Å². The van der Waals surface area contributed by atoms with Crippen molar-refractivity contribution < 1.29 is 0 Å². The highest BCUT2D eigenvalue weighted by molar-refractivity contribution is 9.10. The zero-order valence-corrected chi connectivity index (χ0v) is 26.1. The molecule has 0 unspecified atom stereocenters. The zero-order chi connectivity index (χ0) is 29.9. The molecular formula is C44H27Br. The Morgan fingerprint density at radius 1 is 0.244 bits per heavy atom. The van der Waals surface area contributed by atoms with Crippen LogP contribution >= 0.6 is 15.9 Å². The molecule has 0 aliphatic heterocycles. The number of fused-ring (bicyclic) bond motifs is 5. The Balaban J connectivity index is 1.41. The SMILES string of the molecule is Brc1c2ccccc2c(-c2ccc(-c3c4ccccc4c(-c4ccccc4)c4ccccc34)c3ccccc23)c2ccccc12. The minimum Gasteiger partial charge on any atom is -0.0622 e. The van der Waals surface area contributed by atoms with Crippen LogP contribution < -0.4 is 0 Å². The second kappa shape index (κ2) is 10.4. The Bertz CT molecular complexity index is 2480. The van der Waals surface area contributed by atoms with Crippen molar-refractivity contribution in [3.05, 3.63) is 168 Å². The van der Waals surface area contributed by atoms with E-state index in [2.05, 4.69) is 180 Å². The van der Waals surface area contributed by atoms with Crippen molar-refractivity contribution in [1.29, 1.82) is 0 Å². The second-order valence-electron chi connectivity index (χ2n) is 11.7. The lowest BCUT2D eigenvalue weighted by Crippen LogP contribution is -1.93. The van der Waals surface area contributed by atoms with Crippen LogP contribution in [0.5, 0.6) is 0 Å². The van der Waals surface area contributed by atoms with Gasteiger partial charge in [-0.05, 0) is 103 Å². The summed E-state index contributed by atoms with van der Waals surface area (Å²) in [6.07, 6.45) is 0. The Hall–Kier alpha value is -5.24. The van der Waals surface area contributed by atoms with E-state index in [1.54, 1.807) is 0 Å². The molecule has 0 amide bonds. The molecule has 45 heavy (non-hydrogen) atoms. The topological polar surface area (TPSA) is 0 Å². The van der Waals surface area contributed by atoms with Crippen LogP contribution in [0.4, 0.5) is 0 Å². The second-order valence-corrected chi connectivity index (χ2v) is 12.5. The smallest absolute Gasteiger partial charge is 0.0332 e. The highest BCUT2D eigenvalue weighted by Crippen LogP contribution is 2.48. The van der Waals surface area contributed by atoms with E-state index in [9.17, 15) is 0 Å². The fraction of sp³-hybridized carbons (Fsp3) is 0. The van der Waals surface area contributed by atoms with Crippen LogP contribution in [0.3, 0.4) is 0 Å². The van der Waals surface area contributed by atoms with Crippen LogP contribution in [0.2, 0.25) is 0 Å². The van der Waals surface area contributed by atoms with Crippen molar-refractivity contribution in [3.63, 3.8) is 0 Å². The molecule has 0 nitrogen and oxygen atoms in total. The molecule has 0 saturated heterocycles. The van der Waals surface area contributed by atoms with Gasteiger partial charge in [-0.15, -0.1) is 0 Å².